The van der Waals surface area contributed by atoms with Crippen LogP contribution in [0.15, 0.2) is 30.3 Å². The number of carbonyl (C=O) groups excluding carboxylic acids is 1. The van der Waals surface area contributed by atoms with Gasteiger partial charge in [0.2, 0.25) is 0 Å². The molecule has 17 heavy (non-hydrogen) atoms. The number of halogens is 2. The Hall–Kier alpha value is -1.13. The summed E-state index contributed by atoms with van der Waals surface area (Å²) in [5.41, 5.74) is 0.936. The Morgan fingerprint density at radius 2 is 2.12 bits per heavy atom. The Morgan fingerprint density at radius 3 is 2.71 bits per heavy atom. The molecule has 0 bridgehead atoms. The van der Waals surface area contributed by atoms with Gasteiger partial charge < -0.3 is 10.1 Å². The average molecular weight is 260 g/mol. The van der Waals surface area contributed by atoms with Crippen LogP contribution in [0.1, 0.15) is 12.0 Å². The molecule has 1 aromatic rings. The number of esters is 1. The quantitative estimate of drug-likeness (QED) is 0.842. The molecule has 0 unspecified atom stereocenters. The van der Waals surface area contributed by atoms with Crippen LogP contribution in [-0.4, -0.2) is 24.7 Å². The molecule has 1 fully saturated rings. The molecule has 1 aliphatic rings. The van der Waals surface area contributed by atoms with Crippen LogP contribution < -0.4 is 5.32 Å². The highest BCUT2D eigenvalue weighted by molar-refractivity contribution is 5.85. The molecule has 5 heteroatoms. The molecule has 1 aromatic carbocycles. The summed E-state index contributed by atoms with van der Waals surface area (Å²) in [5, 5.41) is 2.79. The number of alkyl halides is 1. The summed E-state index contributed by atoms with van der Waals surface area (Å²) in [5.74, 6) is -0.371. The van der Waals surface area contributed by atoms with Crippen LogP contribution in [0.4, 0.5) is 4.39 Å². The Bertz CT molecular complexity index is 361. The summed E-state index contributed by atoms with van der Waals surface area (Å²) in [6.45, 7) is 0.486. The van der Waals surface area contributed by atoms with Crippen molar-refractivity contribution in [2.45, 2.75) is 25.2 Å². The van der Waals surface area contributed by atoms with Crippen molar-refractivity contribution in [2.24, 2.45) is 0 Å². The van der Waals surface area contributed by atoms with Gasteiger partial charge in [-0.15, -0.1) is 12.4 Å². The highest BCUT2D eigenvalue weighted by atomic mass is 35.5. The lowest BCUT2D eigenvalue weighted by Gasteiger charge is -2.09. The molecule has 2 atom stereocenters. The first-order chi connectivity index (χ1) is 7.75. The molecule has 0 saturated carbocycles. The lowest BCUT2D eigenvalue weighted by atomic mass is 10.2. The maximum absolute atomic E-state index is 12.8. The lowest BCUT2D eigenvalue weighted by molar-refractivity contribution is -0.147. The van der Waals surface area contributed by atoms with Crippen LogP contribution in [-0.2, 0) is 16.1 Å². The van der Waals surface area contributed by atoms with Crippen LogP contribution in [0.2, 0.25) is 0 Å². The minimum absolute atomic E-state index is 0. The number of hydrogen-bond donors (Lipinski definition) is 1. The summed E-state index contributed by atoms with van der Waals surface area (Å²) >= 11 is 0. The Kier molecular flexibility index (Phi) is 5.38. The van der Waals surface area contributed by atoms with Gasteiger partial charge in [0.1, 0.15) is 18.8 Å². The summed E-state index contributed by atoms with van der Waals surface area (Å²) in [4.78, 5) is 11.5. The number of ether oxygens (including phenoxy) is 1. The molecule has 2 rings (SSSR count). The van der Waals surface area contributed by atoms with E-state index in [4.69, 9.17) is 4.74 Å². The zero-order valence-corrected chi connectivity index (χ0v) is 10.1. The molecule has 1 aliphatic heterocycles. The van der Waals surface area contributed by atoms with Crippen LogP contribution in [0.5, 0.6) is 0 Å². The van der Waals surface area contributed by atoms with E-state index in [1.54, 1.807) is 0 Å². The summed E-state index contributed by atoms with van der Waals surface area (Å²) in [7, 11) is 0. The van der Waals surface area contributed by atoms with E-state index in [-0.39, 0.29) is 37.9 Å². The number of carbonyl (C=O) groups is 1. The highest BCUT2D eigenvalue weighted by Crippen LogP contribution is 2.12. The van der Waals surface area contributed by atoms with Crippen molar-refractivity contribution < 1.29 is 13.9 Å². The second-order valence-corrected chi connectivity index (χ2v) is 3.89. The fourth-order valence-corrected chi connectivity index (χ4v) is 1.70. The van der Waals surface area contributed by atoms with Gasteiger partial charge in [-0.25, -0.2) is 4.39 Å². The largest absolute Gasteiger partial charge is 0.460 e. The molecule has 3 nitrogen and oxygen atoms in total. The van der Waals surface area contributed by atoms with E-state index in [1.165, 1.54) is 0 Å². The van der Waals surface area contributed by atoms with E-state index in [1.807, 2.05) is 30.3 Å². The lowest BCUT2D eigenvalue weighted by Crippen LogP contribution is -2.32. The van der Waals surface area contributed by atoms with Crippen molar-refractivity contribution in [3.05, 3.63) is 35.9 Å². The molecule has 1 heterocycles. The monoisotopic (exact) mass is 259 g/mol. The number of nitrogens with one attached hydrogen (secondary N) is 1. The molecule has 1 saturated heterocycles. The predicted octanol–water partition coefficient (Wildman–Crippen LogP) is 1.85. The molecule has 94 valence electrons. The van der Waals surface area contributed by atoms with Crippen LogP contribution in [0.3, 0.4) is 0 Å². The first kappa shape index (κ1) is 13.9. The van der Waals surface area contributed by atoms with Gasteiger partial charge in [-0.05, 0) is 5.56 Å². The van der Waals surface area contributed by atoms with E-state index in [9.17, 15) is 9.18 Å². The van der Waals surface area contributed by atoms with Gasteiger partial charge in [0.05, 0.1) is 0 Å². The van der Waals surface area contributed by atoms with Crippen LogP contribution >= 0.6 is 12.4 Å². The van der Waals surface area contributed by atoms with Crippen molar-refractivity contribution in [2.75, 3.05) is 6.54 Å². The third kappa shape index (κ3) is 3.98. The first-order valence-electron chi connectivity index (χ1n) is 5.34. The predicted molar refractivity (Wildman–Crippen MR) is 64.8 cm³/mol. The Labute approximate surface area is 106 Å². The zero-order valence-electron chi connectivity index (χ0n) is 9.27. The van der Waals surface area contributed by atoms with E-state index in [2.05, 4.69) is 5.32 Å². The maximum Gasteiger partial charge on any atom is 0.323 e. The van der Waals surface area contributed by atoms with Gasteiger partial charge in [-0.3, -0.25) is 4.79 Å². The van der Waals surface area contributed by atoms with Crippen LogP contribution in [0, 0.1) is 0 Å². The smallest absolute Gasteiger partial charge is 0.323 e. The van der Waals surface area contributed by atoms with E-state index in [0.29, 0.717) is 0 Å². The normalized spacial score (nSPS) is 22.9. The van der Waals surface area contributed by atoms with E-state index >= 15 is 0 Å². The third-order valence-electron chi connectivity index (χ3n) is 2.59. The topological polar surface area (TPSA) is 38.3 Å². The van der Waals surface area contributed by atoms with Crippen LogP contribution in [0.25, 0.3) is 0 Å². The second kappa shape index (κ2) is 6.57. The fourth-order valence-electron chi connectivity index (χ4n) is 1.70. The molecular formula is C12H15ClFNO2. The molecule has 0 aromatic heterocycles. The average Bonchev–Trinajstić information content (AvgIpc) is 2.74. The van der Waals surface area contributed by atoms with Crippen molar-refractivity contribution in [1.29, 1.82) is 0 Å². The Morgan fingerprint density at radius 1 is 1.41 bits per heavy atom. The Balaban J connectivity index is 0.00000144. The zero-order chi connectivity index (χ0) is 11.4. The standard InChI is InChI=1S/C12H14FNO2.ClH/c13-10-6-11(14-7-10)12(15)16-8-9-4-2-1-3-5-9;/h1-5,10-11,14H,6-8H2;1H/t10-,11-;/m0./s1. The van der Waals surface area contributed by atoms with Gasteiger partial charge in [0, 0.05) is 13.0 Å². The fraction of sp³-hybridized carbons (Fsp3) is 0.417. The summed E-state index contributed by atoms with van der Waals surface area (Å²) in [6, 6.07) is 8.94. The van der Waals surface area contributed by atoms with Gasteiger partial charge in [0.15, 0.2) is 0 Å². The molecule has 1 N–H and O–H groups in total. The van der Waals surface area contributed by atoms with Crippen molar-refractivity contribution in [3.63, 3.8) is 0 Å². The second-order valence-electron chi connectivity index (χ2n) is 3.89. The van der Waals surface area contributed by atoms with Gasteiger partial charge >= 0.3 is 5.97 Å². The first-order valence-corrected chi connectivity index (χ1v) is 5.34. The molecular weight excluding hydrogens is 245 g/mol. The van der Waals surface area contributed by atoms with Crippen molar-refractivity contribution >= 4 is 18.4 Å². The van der Waals surface area contributed by atoms with E-state index < -0.39 is 12.2 Å². The number of hydrogen-bond acceptors (Lipinski definition) is 3. The molecule has 0 amide bonds. The SMILES string of the molecule is Cl.O=C(OCc1ccccc1)[C@@H]1C[C@H](F)CN1. The summed E-state index contributed by atoms with van der Waals surface area (Å²) in [6.07, 6.45) is -0.720. The minimum Gasteiger partial charge on any atom is -0.460 e. The minimum atomic E-state index is -0.936. The maximum atomic E-state index is 12.8. The summed E-state index contributed by atoms with van der Waals surface area (Å²) < 4.78 is 17.9. The third-order valence-corrected chi connectivity index (χ3v) is 2.59. The van der Waals surface area contributed by atoms with Crippen molar-refractivity contribution in [1.82, 2.24) is 5.32 Å². The molecule has 0 aliphatic carbocycles. The van der Waals surface area contributed by atoms with Gasteiger partial charge in [-0.1, -0.05) is 30.3 Å². The molecule has 0 radical (unpaired) electrons. The van der Waals surface area contributed by atoms with Gasteiger partial charge in [-0.2, -0.15) is 0 Å². The van der Waals surface area contributed by atoms with Gasteiger partial charge in [0.25, 0.3) is 0 Å². The number of rotatable bonds is 3. The van der Waals surface area contributed by atoms with Crippen molar-refractivity contribution in [3.8, 4) is 0 Å². The highest BCUT2D eigenvalue weighted by Gasteiger charge is 2.30. The molecule has 0 spiro atoms. The number of benzene rings is 1. The van der Waals surface area contributed by atoms with E-state index in [0.717, 1.165) is 5.56 Å².